The van der Waals surface area contributed by atoms with Crippen molar-refractivity contribution >= 4 is 21.8 Å². The van der Waals surface area contributed by atoms with E-state index in [9.17, 15) is 4.79 Å². The minimum Gasteiger partial charge on any atom is -0.350 e. The zero-order valence-electron chi connectivity index (χ0n) is 12.1. The van der Waals surface area contributed by atoms with Crippen LogP contribution in [0.4, 0.5) is 0 Å². The van der Waals surface area contributed by atoms with Gasteiger partial charge in [-0.3, -0.25) is 9.69 Å². The molecule has 0 aromatic carbocycles. The summed E-state index contributed by atoms with van der Waals surface area (Å²) in [5, 5.41) is 3.04. The Morgan fingerprint density at radius 1 is 1.40 bits per heavy atom. The van der Waals surface area contributed by atoms with Crippen molar-refractivity contribution in [2.45, 2.75) is 32.7 Å². The van der Waals surface area contributed by atoms with Gasteiger partial charge in [-0.15, -0.1) is 0 Å². The van der Waals surface area contributed by atoms with E-state index in [-0.39, 0.29) is 5.91 Å². The summed E-state index contributed by atoms with van der Waals surface area (Å²) in [6.45, 7) is 7.44. The lowest BCUT2D eigenvalue weighted by molar-refractivity contribution is 0.0927. The Balaban J connectivity index is 1.91. The fourth-order valence-corrected chi connectivity index (χ4v) is 2.90. The van der Waals surface area contributed by atoms with E-state index in [2.05, 4.69) is 45.0 Å². The molecule has 1 fully saturated rings. The average Bonchev–Trinajstić information content (AvgIpc) is 2.93. The predicted molar refractivity (Wildman–Crippen MR) is 83.7 cm³/mol. The quantitative estimate of drug-likeness (QED) is 0.839. The zero-order chi connectivity index (χ0) is 14.5. The van der Waals surface area contributed by atoms with Crippen LogP contribution in [0.1, 0.15) is 37.0 Å². The molecule has 1 aliphatic rings. The van der Waals surface area contributed by atoms with Crippen molar-refractivity contribution in [2.75, 3.05) is 19.6 Å². The van der Waals surface area contributed by atoms with Crippen LogP contribution in [0.15, 0.2) is 22.9 Å². The lowest BCUT2D eigenvalue weighted by Gasteiger charge is -2.31. The molecule has 0 radical (unpaired) electrons. The van der Waals surface area contributed by atoms with Gasteiger partial charge in [0.05, 0.1) is 5.56 Å². The normalized spacial score (nSPS) is 17.4. The first-order valence-electron chi connectivity index (χ1n) is 7.21. The van der Waals surface area contributed by atoms with Crippen molar-refractivity contribution in [3.05, 3.63) is 28.5 Å². The molecule has 1 aromatic rings. The molecule has 110 valence electrons. The van der Waals surface area contributed by atoms with Crippen molar-refractivity contribution in [3.63, 3.8) is 0 Å². The number of hydrogen-bond donors (Lipinski definition) is 1. The summed E-state index contributed by atoms with van der Waals surface area (Å²) >= 11 is 3.27. The number of pyridine rings is 1. The molecule has 2 rings (SSSR count). The molecule has 0 bridgehead atoms. The Hall–Kier alpha value is -0.940. The topological polar surface area (TPSA) is 45.2 Å². The van der Waals surface area contributed by atoms with Gasteiger partial charge < -0.3 is 5.32 Å². The number of likely N-dealkylation sites (tertiary alicyclic amines) is 1. The van der Waals surface area contributed by atoms with Crippen LogP contribution in [-0.2, 0) is 0 Å². The minimum absolute atomic E-state index is 0.0464. The molecular weight excluding hydrogens is 318 g/mol. The second kappa shape index (κ2) is 7.18. The van der Waals surface area contributed by atoms with Gasteiger partial charge in [0.1, 0.15) is 4.60 Å². The summed E-state index contributed by atoms with van der Waals surface area (Å²) in [7, 11) is 0. The fraction of sp³-hybridized carbons (Fsp3) is 0.600. The van der Waals surface area contributed by atoms with Crippen molar-refractivity contribution in [3.8, 4) is 0 Å². The molecule has 20 heavy (non-hydrogen) atoms. The van der Waals surface area contributed by atoms with Crippen LogP contribution in [0.2, 0.25) is 0 Å². The molecule has 1 atom stereocenters. The van der Waals surface area contributed by atoms with Crippen molar-refractivity contribution in [1.82, 2.24) is 15.2 Å². The molecule has 2 heterocycles. The zero-order valence-corrected chi connectivity index (χ0v) is 13.7. The van der Waals surface area contributed by atoms with Gasteiger partial charge in [-0.1, -0.05) is 13.8 Å². The van der Waals surface area contributed by atoms with E-state index >= 15 is 0 Å². The highest BCUT2D eigenvalue weighted by molar-refractivity contribution is 9.10. The number of hydrogen-bond acceptors (Lipinski definition) is 3. The molecule has 1 N–H and O–H groups in total. The number of nitrogens with zero attached hydrogens (tertiary/aromatic N) is 2. The first-order valence-corrected chi connectivity index (χ1v) is 8.01. The van der Waals surface area contributed by atoms with Crippen molar-refractivity contribution < 1.29 is 4.79 Å². The average molecular weight is 340 g/mol. The van der Waals surface area contributed by atoms with Crippen LogP contribution in [0.5, 0.6) is 0 Å². The number of carbonyl (C=O) groups excluding carboxylic acids is 1. The van der Waals surface area contributed by atoms with Gasteiger partial charge in [0.2, 0.25) is 0 Å². The fourth-order valence-electron chi connectivity index (χ4n) is 2.67. The summed E-state index contributed by atoms with van der Waals surface area (Å²) < 4.78 is 0.742. The van der Waals surface area contributed by atoms with E-state index in [1.54, 1.807) is 18.3 Å². The third-order valence-electron chi connectivity index (χ3n) is 3.84. The molecule has 0 aliphatic carbocycles. The van der Waals surface area contributed by atoms with Gasteiger partial charge in [0.15, 0.2) is 0 Å². The second-order valence-corrected chi connectivity index (χ2v) is 6.45. The van der Waals surface area contributed by atoms with Crippen LogP contribution in [0, 0.1) is 5.92 Å². The lowest BCUT2D eigenvalue weighted by Crippen LogP contribution is -2.45. The summed E-state index contributed by atoms with van der Waals surface area (Å²) in [5.74, 6) is 0.492. The van der Waals surface area contributed by atoms with E-state index in [4.69, 9.17) is 0 Å². The summed E-state index contributed by atoms with van der Waals surface area (Å²) in [6.07, 6.45) is 4.14. The van der Waals surface area contributed by atoms with E-state index in [0.29, 0.717) is 24.1 Å². The van der Waals surface area contributed by atoms with Gasteiger partial charge in [-0.05, 0) is 59.9 Å². The van der Waals surface area contributed by atoms with Gasteiger partial charge >= 0.3 is 0 Å². The number of halogens is 1. The summed E-state index contributed by atoms with van der Waals surface area (Å²) in [6, 6.07) is 3.99. The highest BCUT2D eigenvalue weighted by atomic mass is 79.9. The van der Waals surface area contributed by atoms with Crippen LogP contribution in [0.3, 0.4) is 0 Å². The summed E-state index contributed by atoms with van der Waals surface area (Å²) in [4.78, 5) is 18.7. The number of aromatic nitrogens is 1. The summed E-state index contributed by atoms with van der Waals surface area (Å²) in [5.41, 5.74) is 0.608. The Morgan fingerprint density at radius 2 is 2.10 bits per heavy atom. The van der Waals surface area contributed by atoms with E-state index in [1.165, 1.54) is 12.8 Å². The molecule has 1 aromatic heterocycles. The van der Waals surface area contributed by atoms with Crippen molar-refractivity contribution in [2.24, 2.45) is 5.92 Å². The van der Waals surface area contributed by atoms with Gasteiger partial charge in [-0.2, -0.15) is 0 Å². The lowest BCUT2D eigenvalue weighted by atomic mass is 10.0. The monoisotopic (exact) mass is 339 g/mol. The Bertz CT molecular complexity index is 441. The maximum Gasteiger partial charge on any atom is 0.252 e. The Labute approximate surface area is 129 Å². The number of carbonyl (C=O) groups is 1. The van der Waals surface area contributed by atoms with Crippen molar-refractivity contribution in [1.29, 1.82) is 0 Å². The second-order valence-electron chi connectivity index (χ2n) is 5.63. The molecule has 0 spiro atoms. The van der Waals surface area contributed by atoms with Gasteiger partial charge in [-0.25, -0.2) is 4.98 Å². The standard InChI is InChI=1S/C15H22BrN3O/c1-11(2)13(19-7-3-4-8-19)10-18-15(20)12-5-6-14(16)17-9-12/h5-6,9,11,13H,3-4,7-8,10H2,1-2H3,(H,18,20). The first-order chi connectivity index (χ1) is 9.58. The maximum absolute atomic E-state index is 12.1. The molecule has 4 nitrogen and oxygen atoms in total. The third kappa shape index (κ3) is 4.03. The van der Waals surface area contributed by atoms with E-state index in [1.807, 2.05) is 0 Å². The maximum atomic E-state index is 12.1. The minimum atomic E-state index is -0.0464. The predicted octanol–water partition coefficient (Wildman–Crippen LogP) is 2.69. The SMILES string of the molecule is CC(C)C(CNC(=O)c1ccc(Br)nc1)N1CCCC1. The molecule has 5 heteroatoms. The number of nitrogens with one attached hydrogen (secondary N) is 1. The number of rotatable bonds is 5. The van der Waals surface area contributed by atoms with Crippen LogP contribution in [0.25, 0.3) is 0 Å². The molecule has 1 amide bonds. The molecule has 0 saturated carbocycles. The molecule has 1 aliphatic heterocycles. The number of amides is 1. The van der Waals surface area contributed by atoms with Crippen LogP contribution < -0.4 is 5.32 Å². The van der Waals surface area contributed by atoms with Crippen LogP contribution >= 0.6 is 15.9 Å². The molecular formula is C15H22BrN3O. The molecule has 1 unspecified atom stereocenters. The Morgan fingerprint density at radius 3 is 2.65 bits per heavy atom. The van der Waals surface area contributed by atoms with Gasteiger partial charge in [0, 0.05) is 18.8 Å². The molecule has 1 saturated heterocycles. The van der Waals surface area contributed by atoms with E-state index < -0.39 is 0 Å². The van der Waals surface area contributed by atoms with Crippen LogP contribution in [-0.4, -0.2) is 41.5 Å². The largest absolute Gasteiger partial charge is 0.350 e. The first kappa shape index (κ1) is 15.4. The van der Waals surface area contributed by atoms with Gasteiger partial charge in [0.25, 0.3) is 5.91 Å². The third-order valence-corrected chi connectivity index (χ3v) is 4.31. The highest BCUT2D eigenvalue weighted by Crippen LogP contribution is 2.17. The smallest absolute Gasteiger partial charge is 0.252 e. The Kier molecular flexibility index (Phi) is 5.54. The van der Waals surface area contributed by atoms with E-state index in [0.717, 1.165) is 17.7 Å². The highest BCUT2D eigenvalue weighted by Gasteiger charge is 2.24.